The third-order valence-corrected chi connectivity index (χ3v) is 5.68. The molecule has 1 amide bonds. The van der Waals surface area contributed by atoms with E-state index in [0.29, 0.717) is 18.3 Å². The minimum absolute atomic E-state index is 0.197. The lowest BCUT2D eigenvalue weighted by Crippen LogP contribution is -2.24. The first-order valence-electron chi connectivity index (χ1n) is 9.10. The number of benzene rings is 1. The van der Waals surface area contributed by atoms with E-state index < -0.39 is 0 Å². The van der Waals surface area contributed by atoms with E-state index in [-0.39, 0.29) is 18.5 Å². The van der Waals surface area contributed by atoms with E-state index in [1.807, 2.05) is 25.1 Å². The molecule has 4 heteroatoms. The Balaban J connectivity index is 1.46. The van der Waals surface area contributed by atoms with Crippen LogP contribution < -0.4 is 5.32 Å². The van der Waals surface area contributed by atoms with Crippen LogP contribution >= 0.6 is 0 Å². The maximum absolute atomic E-state index is 12.1. The quantitative estimate of drug-likeness (QED) is 0.806. The molecule has 0 spiro atoms. The first-order chi connectivity index (χ1) is 11.6. The normalized spacial score (nSPS) is 24.8. The molecule has 0 heterocycles. The molecule has 3 atom stereocenters. The smallest absolute Gasteiger partial charge is 0.306 e. The molecule has 2 saturated carbocycles. The summed E-state index contributed by atoms with van der Waals surface area (Å²) in [7, 11) is 0. The molecule has 1 aromatic carbocycles. The van der Waals surface area contributed by atoms with Crippen molar-refractivity contribution in [2.45, 2.75) is 52.4 Å². The third kappa shape index (κ3) is 3.80. The zero-order chi connectivity index (χ0) is 17.1. The number of hydrogen-bond acceptors (Lipinski definition) is 3. The SMILES string of the molecule is CCc1cccc(C)c1NC(=O)COC(=O)C[C@H]1C[C@@H]2CC[C@@H]1C2. The number of para-hydroxylation sites is 1. The van der Waals surface area contributed by atoms with E-state index in [4.69, 9.17) is 4.74 Å². The van der Waals surface area contributed by atoms with Crippen LogP contribution in [0.5, 0.6) is 0 Å². The van der Waals surface area contributed by atoms with Gasteiger partial charge in [0.2, 0.25) is 0 Å². The van der Waals surface area contributed by atoms with E-state index in [1.165, 1.54) is 19.3 Å². The molecule has 24 heavy (non-hydrogen) atoms. The topological polar surface area (TPSA) is 55.4 Å². The van der Waals surface area contributed by atoms with Crippen molar-refractivity contribution in [2.75, 3.05) is 11.9 Å². The molecule has 2 aliphatic rings. The molecule has 2 fully saturated rings. The lowest BCUT2D eigenvalue weighted by molar-refractivity contribution is -0.148. The molecule has 2 aliphatic carbocycles. The van der Waals surface area contributed by atoms with Crippen LogP contribution in [0.4, 0.5) is 5.69 Å². The molecule has 130 valence electrons. The average Bonchev–Trinajstić information content (AvgIpc) is 3.17. The second-order valence-corrected chi connectivity index (χ2v) is 7.31. The lowest BCUT2D eigenvalue weighted by atomic mass is 9.86. The number of esters is 1. The van der Waals surface area contributed by atoms with Gasteiger partial charge in [0.1, 0.15) is 0 Å². The zero-order valence-electron chi connectivity index (χ0n) is 14.6. The Labute approximate surface area is 144 Å². The number of amides is 1. The van der Waals surface area contributed by atoms with E-state index in [2.05, 4.69) is 12.2 Å². The fourth-order valence-corrected chi connectivity index (χ4v) is 4.42. The fourth-order valence-electron chi connectivity index (χ4n) is 4.42. The van der Waals surface area contributed by atoms with Gasteiger partial charge in [-0.3, -0.25) is 9.59 Å². The molecular formula is C20H27NO3. The molecule has 2 bridgehead atoms. The maximum Gasteiger partial charge on any atom is 0.306 e. The highest BCUT2D eigenvalue weighted by Crippen LogP contribution is 2.49. The van der Waals surface area contributed by atoms with Crippen molar-refractivity contribution in [1.82, 2.24) is 0 Å². The number of rotatable bonds is 6. The number of carbonyl (C=O) groups excluding carboxylic acids is 2. The van der Waals surface area contributed by atoms with Gasteiger partial charge in [0.25, 0.3) is 5.91 Å². The van der Waals surface area contributed by atoms with Crippen LogP contribution in [0.2, 0.25) is 0 Å². The van der Waals surface area contributed by atoms with Gasteiger partial charge in [0.15, 0.2) is 6.61 Å². The van der Waals surface area contributed by atoms with Crippen molar-refractivity contribution in [3.8, 4) is 0 Å². The van der Waals surface area contributed by atoms with Crippen LogP contribution in [0.3, 0.4) is 0 Å². The Hall–Kier alpha value is -1.84. The van der Waals surface area contributed by atoms with Crippen molar-refractivity contribution in [3.63, 3.8) is 0 Å². The summed E-state index contributed by atoms with van der Waals surface area (Å²) in [5.41, 5.74) is 2.96. The van der Waals surface area contributed by atoms with E-state index >= 15 is 0 Å². The second kappa shape index (κ2) is 7.37. The van der Waals surface area contributed by atoms with Crippen molar-refractivity contribution in [3.05, 3.63) is 29.3 Å². The predicted molar refractivity (Wildman–Crippen MR) is 93.7 cm³/mol. The Bertz CT molecular complexity index is 625. The summed E-state index contributed by atoms with van der Waals surface area (Å²) in [6, 6.07) is 5.96. The number of nitrogens with one attached hydrogen (secondary N) is 1. The lowest BCUT2D eigenvalue weighted by Gasteiger charge is -2.20. The summed E-state index contributed by atoms with van der Waals surface area (Å²) >= 11 is 0. The van der Waals surface area contributed by atoms with Gasteiger partial charge in [-0.05, 0) is 61.5 Å². The minimum Gasteiger partial charge on any atom is -0.456 e. The van der Waals surface area contributed by atoms with Crippen molar-refractivity contribution in [2.24, 2.45) is 17.8 Å². The molecule has 0 aliphatic heterocycles. The predicted octanol–water partition coefficient (Wildman–Crippen LogP) is 3.87. The van der Waals surface area contributed by atoms with Gasteiger partial charge < -0.3 is 10.1 Å². The summed E-state index contributed by atoms with van der Waals surface area (Å²) in [5, 5.41) is 2.89. The van der Waals surface area contributed by atoms with Gasteiger partial charge in [0.05, 0.1) is 0 Å². The van der Waals surface area contributed by atoms with Crippen LogP contribution in [0.15, 0.2) is 18.2 Å². The van der Waals surface area contributed by atoms with Crippen LogP contribution in [-0.2, 0) is 20.7 Å². The summed E-state index contributed by atoms with van der Waals surface area (Å²) in [6.07, 6.45) is 6.35. The fraction of sp³-hybridized carbons (Fsp3) is 0.600. The largest absolute Gasteiger partial charge is 0.456 e. The number of fused-ring (bicyclic) bond motifs is 2. The third-order valence-electron chi connectivity index (χ3n) is 5.68. The molecule has 1 N–H and O–H groups in total. The Kier molecular flexibility index (Phi) is 5.22. The Morgan fingerprint density at radius 1 is 1.25 bits per heavy atom. The van der Waals surface area contributed by atoms with E-state index in [0.717, 1.165) is 35.6 Å². The van der Waals surface area contributed by atoms with Gasteiger partial charge in [-0.25, -0.2) is 0 Å². The van der Waals surface area contributed by atoms with E-state index in [9.17, 15) is 9.59 Å². The number of aryl methyl sites for hydroxylation is 2. The van der Waals surface area contributed by atoms with Crippen molar-refractivity contribution < 1.29 is 14.3 Å². The minimum atomic E-state index is -0.264. The van der Waals surface area contributed by atoms with Gasteiger partial charge in [-0.15, -0.1) is 0 Å². The number of hydrogen-bond donors (Lipinski definition) is 1. The van der Waals surface area contributed by atoms with Crippen LogP contribution in [0.25, 0.3) is 0 Å². The monoisotopic (exact) mass is 329 g/mol. The van der Waals surface area contributed by atoms with Gasteiger partial charge in [-0.2, -0.15) is 0 Å². The standard InChI is InChI=1S/C20H27NO3/c1-3-15-6-4-5-13(2)20(15)21-18(22)12-24-19(23)11-17-10-14-7-8-16(17)9-14/h4-6,14,16-17H,3,7-12H2,1-2H3,(H,21,22)/t14-,16-,17-/m1/s1. The maximum atomic E-state index is 12.1. The zero-order valence-corrected chi connectivity index (χ0v) is 14.6. The summed E-state index contributed by atoms with van der Waals surface area (Å²) < 4.78 is 5.21. The van der Waals surface area contributed by atoms with Gasteiger partial charge in [-0.1, -0.05) is 31.5 Å². The molecular weight excluding hydrogens is 302 g/mol. The molecule has 0 aromatic heterocycles. The molecule has 1 aromatic rings. The highest BCUT2D eigenvalue weighted by molar-refractivity contribution is 5.94. The molecule has 4 nitrogen and oxygen atoms in total. The second-order valence-electron chi connectivity index (χ2n) is 7.31. The van der Waals surface area contributed by atoms with Crippen molar-refractivity contribution >= 4 is 17.6 Å². The summed E-state index contributed by atoms with van der Waals surface area (Å²) in [4.78, 5) is 24.1. The Morgan fingerprint density at radius 2 is 2.08 bits per heavy atom. The highest BCUT2D eigenvalue weighted by atomic mass is 16.5. The highest BCUT2D eigenvalue weighted by Gasteiger charge is 2.40. The summed E-state index contributed by atoms with van der Waals surface area (Å²) in [6.45, 7) is 3.83. The van der Waals surface area contributed by atoms with Crippen molar-refractivity contribution in [1.29, 1.82) is 0 Å². The van der Waals surface area contributed by atoms with Crippen LogP contribution in [0.1, 0.15) is 50.2 Å². The van der Waals surface area contributed by atoms with E-state index in [1.54, 1.807) is 0 Å². The number of anilines is 1. The molecule has 3 rings (SSSR count). The molecule has 0 saturated heterocycles. The van der Waals surface area contributed by atoms with Crippen LogP contribution in [-0.4, -0.2) is 18.5 Å². The molecule has 0 radical (unpaired) electrons. The Morgan fingerprint density at radius 3 is 2.75 bits per heavy atom. The average molecular weight is 329 g/mol. The first-order valence-corrected chi connectivity index (χ1v) is 9.10. The first kappa shape index (κ1) is 17.0. The van der Waals surface area contributed by atoms with Gasteiger partial charge in [0, 0.05) is 12.1 Å². The van der Waals surface area contributed by atoms with Crippen LogP contribution in [0, 0.1) is 24.7 Å². The van der Waals surface area contributed by atoms with Gasteiger partial charge >= 0.3 is 5.97 Å². The number of carbonyl (C=O) groups is 2. The molecule has 0 unspecified atom stereocenters. The number of ether oxygens (including phenoxy) is 1. The summed E-state index contributed by atoms with van der Waals surface area (Å²) in [5.74, 6) is 1.51.